The van der Waals surface area contributed by atoms with Crippen molar-refractivity contribution in [2.24, 2.45) is 0 Å². The molecule has 0 spiro atoms. The maximum Gasteiger partial charge on any atom is 0.289 e. The highest BCUT2D eigenvalue weighted by Crippen LogP contribution is 2.34. The molecule has 8 heteroatoms. The number of halogens is 2. The van der Waals surface area contributed by atoms with E-state index < -0.39 is 0 Å². The quantitative estimate of drug-likeness (QED) is 0.322. The molecule has 218 valence electrons. The second kappa shape index (κ2) is 12.2. The van der Waals surface area contributed by atoms with Crippen LogP contribution in [0.25, 0.3) is 6.08 Å². The predicted octanol–water partition coefficient (Wildman–Crippen LogP) is 6.46. The van der Waals surface area contributed by atoms with Crippen molar-refractivity contribution < 1.29 is 18.7 Å². The number of amides is 2. The minimum Gasteiger partial charge on any atom is -0.482 e. The fourth-order valence-corrected chi connectivity index (χ4v) is 6.47. The lowest BCUT2D eigenvalue weighted by molar-refractivity contribution is -0.149. The number of piperazine rings is 1. The van der Waals surface area contributed by atoms with Crippen molar-refractivity contribution in [3.63, 3.8) is 0 Å². The number of nitrogens with zero attached hydrogens (tertiary/aromatic N) is 3. The molecule has 6 rings (SSSR count). The molecule has 2 saturated heterocycles. The maximum absolute atomic E-state index is 14.5. The third kappa shape index (κ3) is 5.88. The van der Waals surface area contributed by atoms with Crippen molar-refractivity contribution in [2.75, 3.05) is 31.1 Å². The zero-order valence-corrected chi connectivity index (χ0v) is 24.5. The van der Waals surface area contributed by atoms with Crippen molar-refractivity contribution in [3.8, 4) is 0 Å². The summed E-state index contributed by atoms with van der Waals surface area (Å²) in [6.07, 6.45) is 5.41. The Morgan fingerprint density at radius 3 is 2.50 bits per heavy atom. The number of carbonyl (C=O) groups is 2. The second-order valence-electron chi connectivity index (χ2n) is 11.4. The molecule has 2 aliphatic heterocycles. The largest absolute Gasteiger partial charge is 0.482 e. The van der Waals surface area contributed by atoms with Gasteiger partial charge in [0.25, 0.3) is 11.8 Å². The van der Waals surface area contributed by atoms with Gasteiger partial charge in [0.1, 0.15) is 11.9 Å². The predicted molar refractivity (Wildman–Crippen MR) is 163 cm³/mol. The first-order valence-electron chi connectivity index (χ1n) is 14.7. The molecule has 2 heterocycles. The van der Waals surface area contributed by atoms with Gasteiger partial charge in [0.05, 0.1) is 6.04 Å². The molecule has 3 aromatic carbocycles. The monoisotopic (exact) mass is 587 g/mol. The number of morpholine rings is 1. The second-order valence-corrected chi connectivity index (χ2v) is 11.8. The Labute approximate surface area is 251 Å². The van der Waals surface area contributed by atoms with E-state index in [0.717, 1.165) is 50.0 Å². The van der Waals surface area contributed by atoms with Crippen LogP contribution in [0.2, 0.25) is 5.02 Å². The fourth-order valence-electron chi connectivity index (χ4n) is 6.30. The third-order valence-corrected chi connectivity index (χ3v) is 8.89. The fraction of sp³-hybridized carbons (Fsp3) is 0.353. The Morgan fingerprint density at radius 1 is 1.00 bits per heavy atom. The summed E-state index contributed by atoms with van der Waals surface area (Å²) in [5.41, 5.74) is 4.16. The van der Waals surface area contributed by atoms with Gasteiger partial charge in [-0.2, -0.15) is 0 Å². The van der Waals surface area contributed by atoms with Crippen LogP contribution >= 0.6 is 11.6 Å². The molecule has 0 N–H and O–H groups in total. The molecule has 3 aromatic rings. The molecular weight excluding hydrogens is 553 g/mol. The minimum absolute atomic E-state index is 0.0113. The molecule has 2 atom stereocenters. The van der Waals surface area contributed by atoms with E-state index in [2.05, 4.69) is 11.8 Å². The highest BCUT2D eigenvalue weighted by Gasteiger charge is 2.41. The van der Waals surface area contributed by atoms with Gasteiger partial charge < -0.3 is 19.4 Å². The van der Waals surface area contributed by atoms with Gasteiger partial charge in [0, 0.05) is 54.6 Å². The highest BCUT2D eigenvalue weighted by atomic mass is 35.5. The number of aryl methyl sites for hydroxylation is 1. The summed E-state index contributed by atoms with van der Waals surface area (Å²) < 4.78 is 20.7. The summed E-state index contributed by atoms with van der Waals surface area (Å²) in [6.45, 7) is 5.01. The van der Waals surface area contributed by atoms with Crippen molar-refractivity contribution in [2.45, 2.75) is 51.3 Å². The summed E-state index contributed by atoms with van der Waals surface area (Å²) in [7, 11) is 0. The Bertz CT molecular complexity index is 1500. The standard InChI is InChI=1S/C34H35ClFN3O3/c1-23-10-15-27(35)21-30(23)37-16-18-38(19-17-37)33(40)25-13-11-24(12-14-25)20-32-34(41)39(22-26-6-2-3-7-28(26)36)29-8-4-5-9-31(29)42-32/h2-3,6-7,10-15,20-21,29,31H,4-5,8-9,16-19,22H2,1H3/b32-20-. The molecule has 1 saturated carbocycles. The van der Waals surface area contributed by atoms with E-state index in [1.54, 1.807) is 41.3 Å². The first kappa shape index (κ1) is 28.3. The molecule has 3 aliphatic rings. The Morgan fingerprint density at radius 2 is 1.74 bits per heavy atom. The van der Waals surface area contributed by atoms with E-state index in [9.17, 15) is 14.0 Å². The van der Waals surface area contributed by atoms with Gasteiger partial charge in [-0.15, -0.1) is 0 Å². The summed E-state index contributed by atoms with van der Waals surface area (Å²) >= 11 is 6.22. The van der Waals surface area contributed by atoms with Crippen LogP contribution in [0.4, 0.5) is 10.1 Å². The topological polar surface area (TPSA) is 53.1 Å². The maximum atomic E-state index is 14.5. The molecule has 2 unspecified atom stereocenters. The van der Waals surface area contributed by atoms with Gasteiger partial charge in [-0.3, -0.25) is 9.59 Å². The number of hydrogen-bond donors (Lipinski definition) is 0. The first-order chi connectivity index (χ1) is 20.4. The SMILES string of the molecule is Cc1ccc(Cl)cc1N1CCN(C(=O)c2ccc(/C=C3\OC4CCCCC4N(Cc4ccccc4F)C3=O)cc2)CC1. The van der Waals surface area contributed by atoms with Gasteiger partial charge >= 0.3 is 0 Å². The van der Waals surface area contributed by atoms with E-state index in [1.807, 2.05) is 35.2 Å². The van der Waals surface area contributed by atoms with E-state index in [4.69, 9.17) is 16.3 Å². The Balaban J connectivity index is 1.14. The summed E-state index contributed by atoms with van der Waals surface area (Å²) in [6, 6.07) is 19.7. The van der Waals surface area contributed by atoms with Crippen LogP contribution in [0, 0.1) is 12.7 Å². The molecule has 3 fully saturated rings. The van der Waals surface area contributed by atoms with E-state index in [1.165, 1.54) is 11.6 Å². The van der Waals surface area contributed by atoms with Gasteiger partial charge in [-0.05, 0) is 73.7 Å². The van der Waals surface area contributed by atoms with Crippen molar-refractivity contribution in [1.29, 1.82) is 0 Å². The van der Waals surface area contributed by atoms with E-state index in [0.29, 0.717) is 29.2 Å². The molecule has 42 heavy (non-hydrogen) atoms. The van der Waals surface area contributed by atoms with Gasteiger partial charge in [-0.25, -0.2) is 4.39 Å². The molecule has 0 radical (unpaired) electrons. The van der Waals surface area contributed by atoms with Crippen LogP contribution in [0.5, 0.6) is 0 Å². The van der Waals surface area contributed by atoms with Crippen LogP contribution < -0.4 is 4.90 Å². The number of fused-ring (bicyclic) bond motifs is 1. The summed E-state index contributed by atoms with van der Waals surface area (Å²) in [4.78, 5) is 32.8. The number of carbonyl (C=O) groups excluding carboxylic acids is 2. The zero-order valence-electron chi connectivity index (χ0n) is 23.8. The number of hydrogen-bond acceptors (Lipinski definition) is 4. The van der Waals surface area contributed by atoms with Crippen LogP contribution in [0.1, 0.15) is 52.7 Å². The first-order valence-corrected chi connectivity index (χ1v) is 15.1. The highest BCUT2D eigenvalue weighted by molar-refractivity contribution is 6.30. The van der Waals surface area contributed by atoms with Crippen LogP contribution in [0.3, 0.4) is 0 Å². The molecule has 0 bridgehead atoms. The summed E-state index contributed by atoms with van der Waals surface area (Å²) in [5.74, 6) is -0.283. The number of rotatable bonds is 5. The van der Waals surface area contributed by atoms with Crippen molar-refractivity contribution >= 4 is 35.2 Å². The van der Waals surface area contributed by atoms with Crippen molar-refractivity contribution in [3.05, 3.63) is 106 Å². The number of benzene rings is 3. The lowest BCUT2D eigenvalue weighted by atomic mass is 9.89. The van der Waals surface area contributed by atoms with Gasteiger partial charge in [0.2, 0.25) is 0 Å². The molecular formula is C34H35ClFN3O3. The normalized spacial score (nSPS) is 21.7. The molecule has 1 aliphatic carbocycles. The Hall–Kier alpha value is -3.84. The molecule has 6 nitrogen and oxygen atoms in total. The average molecular weight is 588 g/mol. The number of ether oxygens (including phenoxy) is 1. The Kier molecular flexibility index (Phi) is 8.20. The van der Waals surface area contributed by atoms with Crippen molar-refractivity contribution in [1.82, 2.24) is 9.80 Å². The van der Waals surface area contributed by atoms with Crippen LogP contribution in [-0.4, -0.2) is 59.9 Å². The lowest BCUT2D eigenvalue weighted by Crippen LogP contribution is -2.54. The molecule has 0 aromatic heterocycles. The zero-order chi connectivity index (χ0) is 29.2. The smallest absolute Gasteiger partial charge is 0.289 e. The third-order valence-electron chi connectivity index (χ3n) is 8.65. The number of anilines is 1. The summed E-state index contributed by atoms with van der Waals surface area (Å²) in [5, 5.41) is 0.709. The van der Waals surface area contributed by atoms with E-state index in [-0.39, 0.29) is 42.1 Å². The van der Waals surface area contributed by atoms with Crippen LogP contribution in [-0.2, 0) is 16.1 Å². The van der Waals surface area contributed by atoms with Gasteiger partial charge in [-0.1, -0.05) is 54.4 Å². The molecule has 2 amide bonds. The van der Waals surface area contributed by atoms with Gasteiger partial charge in [0.15, 0.2) is 5.76 Å². The lowest BCUT2D eigenvalue weighted by Gasteiger charge is -2.44. The minimum atomic E-state index is -0.309. The van der Waals surface area contributed by atoms with Crippen LogP contribution in [0.15, 0.2) is 72.5 Å². The average Bonchev–Trinajstić information content (AvgIpc) is 3.01. The van der Waals surface area contributed by atoms with E-state index >= 15 is 0 Å².